The number of fused-ring (bicyclic) bond motifs is 1. The zero-order valence-electron chi connectivity index (χ0n) is 16.2. The van der Waals surface area contributed by atoms with Crippen molar-refractivity contribution in [3.05, 3.63) is 77.5 Å². The van der Waals surface area contributed by atoms with E-state index in [1.807, 2.05) is 49.3 Å². The molecule has 28 heavy (non-hydrogen) atoms. The number of hydrogen-bond acceptors (Lipinski definition) is 4. The molecule has 0 saturated heterocycles. The Morgan fingerprint density at radius 1 is 1.11 bits per heavy atom. The average molecular weight is 372 g/mol. The maximum Gasteiger partial charge on any atom is 0.254 e. The molecule has 5 heteroatoms. The molecule has 5 nitrogen and oxygen atoms in total. The van der Waals surface area contributed by atoms with Crippen molar-refractivity contribution >= 4 is 11.7 Å². The lowest BCUT2D eigenvalue weighted by Crippen LogP contribution is -2.33. The minimum atomic E-state index is 0.0400. The first-order valence-corrected chi connectivity index (χ1v) is 9.63. The zero-order valence-corrected chi connectivity index (χ0v) is 16.2. The number of rotatable bonds is 4. The van der Waals surface area contributed by atoms with Gasteiger partial charge in [0.2, 0.25) is 0 Å². The predicted molar refractivity (Wildman–Crippen MR) is 111 cm³/mol. The lowest BCUT2D eigenvalue weighted by molar-refractivity contribution is 0.0715. The summed E-state index contributed by atoms with van der Waals surface area (Å²) in [5.74, 6) is 1.44. The first kappa shape index (κ1) is 18.2. The zero-order chi connectivity index (χ0) is 19.5. The predicted octanol–water partition coefficient (Wildman–Crippen LogP) is 4.33. The SMILES string of the molecule is CNc1ccnc(-c2ccc(C(=O)N(C)C3CCCc4ccccc43)cc2)n1. The fraction of sp³-hybridized carbons (Fsp3) is 0.261. The number of nitrogens with one attached hydrogen (secondary N) is 1. The molecule has 2 aromatic carbocycles. The Kier molecular flexibility index (Phi) is 5.06. The van der Waals surface area contributed by atoms with Crippen LogP contribution in [0, 0.1) is 0 Å². The number of carbonyl (C=O) groups is 1. The molecule has 1 aliphatic carbocycles. The van der Waals surface area contributed by atoms with Gasteiger partial charge >= 0.3 is 0 Å². The van der Waals surface area contributed by atoms with Gasteiger partial charge in [-0.05, 0) is 48.6 Å². The van der Waals surface area contributed by atoms with E-state index >= 15 is 0 Å². The van der Waals surface area contributed by atoms with E-state index < -0.39 is 0 Å². The minimum Gasteiger partial charge on any atom is -0.373 e. The second kappa shape index (κ2) is 7.80. The van der Waals surface area contributed by atoms with Crippen molar-refractivity contribution in [1.29, 1.82) is 0 Å². The van der Waals surface area contributed by atoms with Gasteiger partial charge in [-0.1, -0.05) is 36.4 Å². The molecule has 1 aromatic heterocycles. The molecule has 1 N–H and O–H groups in total. The topological polar surface area (TPSA) is 58.1 Å². The minimum absolute atomic E-state index is 0.0400. The van der Waals surface area contributed by atoms with E-state index in [2.05, 4.69) is 39.6 Å². The molecular formula is C23H24N4O. The smallest absolute Gasteiger partial charge is 0.254 e. The van der Waals surface area contributed by atoms with Crippen LogP contribution in [0.15, 0.2) is 60.8 Å². The van der Waals surface area contributed by atoms with Crippen LogP contribution in [0.2, 0.25) is 0 Å². The molecule has 1 unspecified atom stereocenters. The molecule has 1 atom stereocenters. The highest BCUT2D eigenvalue weighted by atomic mass is 16.2. The van der Waals surface area contributed by atoms with Crippen molar-refractivity contribution in [3.63, 3.8) is 0 Å². The highest BCUT2D eigenvalue weighted by molar-refractivity contribution is 5.94. The van der Waals surface area contributed by atoms with Gasteiger partial charge in [0.1, 0.15) is 5.82 Å². The van der Waals surface area contributed by atoms with Gasteiger partial charge in [0.25, 0.3) is 5.91 Å². The van der Waals surface area contributed by atoms with Crippen LogP contribution in [0.1, 0.15) is 40.4 Å². The maximum atomic E-state index is 13.1. The molecule has 1 heterocycles. The Morgan fingerprint density at radius 3 is 2.68 bits per heavy atom. The summed E-state index contributed by atoms with van der Waals surface area (Å²) in [7, 11) is 3.73. The van der Waals surface area contributed by atoms with E-state index in [4.69, 9.17) is 0 Å². The Labute approximate surface area is 165 Å². The molecule has 0 saturated carbocycles. The second-order valence-corrected chi connectivity index (χ2v) is 7.12. The van der Waals surface area contributed by atoms with Crippen LogP contribution in [0.25, 0.3) is 11.4 Å². The summed E-state index contributed by atoms with van der Waals surface area (Å²) in [5, 5.41) is 3.01. The second-order valence-electron chi connectivity index (χ2n) is 7.12. The summed E-state index contributed by atoms with van der Waals surface area (Å²) in [5.41, 5.74) is 4.20. The standard InChI is InChI=1S/C23H24N4O/c1-24-21-14-15-25-22(26-21)17-10-12-18(13-11-17)23(28)27(2)20-9-5-7-16-6-3-4-8-19(16)20/h3-4,6,8,10-15,20H,5,7,9H2,1-2H3,(H,24,25,26). The van der Waals surface area contributed by atoms with Crippen LogP contribution in [0.3, 0.4) is 0 Å². The monoisotopic (exact) mass is 372 g/mol. The maximum absolute atomic E-state index is 13.1. The number of carbonyl (C=O) groups excluding carboxylic acids is 1. The van der Waals surface area contributed by atoms with Crippen LogP contribution >= 0.6 is 0 Å². The van der Waals surface area contributed by atoms with Gasteiger partial charge in [-0.25, -0.2) is 9.97 Å². The van der Waals surface area contributed by atoms with Crippen molar-refractivity contribution in [1.82, 2.24) is 14.9 Å². The molecule has 1 aliphatic rings. The summed E-state index contributed by atoms with van der Waals surface area (Å²) in [4.78, 5) is 23.7. The summed E-state index contributed by atoms with van der Waals surface area (Å²) in [6, 6.07) is 17.9. The molecule has 0 aliphatic heterocycles. The van der Waals surface area contributed by atoms with E-state index in [9.17, 15) is 4.79 Å². The van der Waals surface area contributed by atoms with E-state index in [1.54, 1.807) is 6.20 Å². The van der Waals surface area contributed by atoms with Crippen molar-refractivity contribution in [3.8, 4) is 11.4 Å². The Balaban J connectivity index is 1.55. The van der Waals surface area contributed by atoms with E-state index in [0.29, 0.717) is 11.4 Å². The van der Waals surface area contributed by atoms with Crippen LogP contribution in [0.4, 0.5) is 5.82 Å². The molecule has 4 rings (SSSR count). The Hall–Kier alpha value is -3.21. The van der Waals surface area contributed by atoms with E-state index in [0.717, 1.165) is 30.6 Å². The van der Waals surface area contributed by atoms with Gasteiger partial charge in [-0.3, -0.25) is 4.79 Å². The quantitative estimate of drug-likeness (QED) is 0.740. The first-order chi connectivity index (χ1) is 13.7. The Bertz CT molecular complexity index is 984. The summed E-state index contributed by atoms with van der Waals surface area (Å²) < 4.78 is 0. The van der Waals surface area contributed by atoms with Crippen molar-refractivity contribution in [2.45, 2.75) is 25.3 Å². The summed E-state index contributed by atoms with van der Waals surface area (Å²) >= 11 is 0. The van der Waals surface area contributed by atoms with Gasteiger partial charge in [0, 0.05) is 31.4 Å². The molecular weight excluding hydrogens is 348 g/mol. The highest BCUT2D eigenvalue weighted by Gasteiger charge is 2.27. The molecule has 142 valence electrons. The van der Waals surface area contributed by atoms with Gasteiger partial charge in [0.15, 0.2) is 5.82 Å². The number of aromatic nitrogens is 2. The van der Waals surface area contributed by atoms with Crippen molar-refractivity contribution in [2.24, 2.45) is 0 Å². The number of hydrogen-bond donors (Lipinski definition) is 1. The largest absolute Gasteiger partial charge is 0.373 e. The fourth-order valence-electron chi connectivity index (χ4n) is 3.87. The van der Waals surface area contributed by atoms with Crippen LogP contribution in [-0.4, -0.2) is 34.9 Å². The van der Waals surface area contributed by atoms with E-state index in [-0.39, 0.29) is 11.9 Å². The lowest BCUT2D eigenvalue weighted by atomic mass is 9.87. The third-order valence-electron chi connectivity index (χ3n) is 5.43. The third kappa shape index (κ3) is 3.48. The van der Waals surface area contributed by atoms with Gasteiger partial charge in [-0.15, -0.1) is 0 Å². The molecule has 0 fully saturated rings. The summed E-state index contributed by atoms with van der Waals surface area (Å²) in [6.45, 7) is 0. The molecule has 3 aromatic rings. The van der Waals surface area contributed by atoms with Crippen molar-refractivity contribution < 1.29 is 4.79 Å². The van der Waals surface area contributed by atoms with Gasteiger partial charge in [-0.2, -0.15) is 0 Å². The number of aryl methyl sites for hydroxylation is 1. The van der Waals surface area contributed by atoms with E-state index in [1.165, 1.54) is 11.1 Å². The Morgan fingerprint density at radius 2 is 1.89 bits per heavy atom. The van der Waals surface area contributed by atoms with Crippen LogP contribution in [-0.2, 0) is 6.42 Å². The van der Waals surface area contributed by atoms with Gasteiger partial charge < -0.3 is 10.2 Å². The molecule has 0 spiro atoms. The number of amides is 1. The third-order valence-corrected chi connectivity index (χ3v) is 5.43. The number of nitrogens with zero attached hydrogens (tertiary/aromatic N) is 3. The van der Waals surface area contributed by atoms with Gasteiger partial charge in [0.05, 0.1) is 6.04 Å². The van der Waals surface area contributed by atoms with Crippen molar-refractivity contribution in [2.75, 3.05) is 19.4 Å². The normalized spacial score (nSPS) is 15.6. The molecule has 0 radical (unpaired) electrons. The highest BCUT2D eigenvalue weighted by Crippen LogP contribution is 2.34. The molecule has 1 amide bonds. The summed E-state index contributed by atoms with van der Waals surface area (Å²) in [6.07, 6.45) is 4.93. The average Bonchev–Trinajstić information content (AvgIpc) is 2.78. The van der Waals surface area contributed by atoms with Crippen LogP contribution < -0.4 is 5.32 Å². The molecule has 0 bridgehead atoms. The van der Waals surface area contributed by atoms with Crippen LogP contribution in [0.5, 0.6) is 0 Å². The fourth-order valence-corrected chi connectivity index (χ4v) is 3.87. The number of anilines is 1. The number of benzene rings is 2. The lowest BCUT2D eigenvalue weighted by Gasteiger charge is -2.33. The first-order valence-electron chi connectivity index (χ1n) is 9.63.